The molecule has 1 aliphatic heterocycles. The normalized spacial score (nSPS) is 14.9. The lowest BCUT2D eigenvalue weighted by Crippen LogP contribution is -2.48. The molecule has 8 nitrogen and oxygen atoms in total. The van der Waals surface area contributed by atoms with E-state index in [1.165, 1.54) is 0 Å². The fourth-order valence-corrected chi connectivity index (χ4v) is 3.95. The maximum atomic E-state index is 13.0. The Bertz CT molecular complexity index is 1070. The standard InChI is InChI=1S/C23H29N5O3/c1-16(2)28-15-25-20-12-17(13-24-22(20)28)23(29)27-9-7-26(8-10-27)14-18-11-19(30-3)5-6-21(18)31-4/h5-6,11-13,15-16H,7-10,14H2,1-4H3. The highest BCUT2D eigenvalue weighted by molar-refractivity contribution is 5.96. The van der Waals surface area contributed by atoms with Crippen LogP contribution >= 0.6 is 0 Å². The molecule has 0 bridgehead atoms. The molecule has 0 radical (unpaired) electrons. The van der Waals surface area contributed by atoms with Gasteiger partial charge in [0.2, 0.25) is 0 Å². The molecule has 1 aromatic carbocycles. The number of nitrogens with zero attached hydrogens (tertiary/aromatic N) is 5. The first kappa shape index (κ1) is 21.1. The zero-order valence-corrected chi connectivity index (χ0v) is 18.5. The third-order valence-electron chi connectivity index (χ3n) is 5.76. The molecule has 1 fully saturated rings. The van der Waals surface area contributed by atoms with Gasteiger partial charge < -0.3 is 18.9 Å². The summed E-state index contributed by atoms with van der Waals surface area (Å²) >= 11 is 0. The minimum atomic E-state index is 0.00658. The van der Waals surface area contributed by atoms with Gasteiger partial charge in [-0.15, -0.1) is 0 Å². The Hall–Kier alpha value is -3.13. The van der Waals surface area contributed by atoms with Gasteiger partial charge in [-0.05, 0) is 38.1 Å². The van der Waals surface area contributed by atoms with E-state index in [1.54, 1.807) is 26.7 Å². The molecular weight excluding hydrogens is 394 g/mol. The van der Waals surface area contributed by atoms with Gasteiger partial charge in [0.15, 0.2) is 5.65 Å². The Morgan fingerprint density at radius 1 is 1.06 bits per heavy atom. The Morgan fingerprint density at radius 2 is 1.84 bits per heavy atom. The van der Waals surface area contributed by atoms with Gasteiger partial charge in [-0.3, -0.25) is 9.69 Å². The summed E-state index contributed by atoms with van der Waals surface area (Å²) in [7, 11) is 3.34. The quantitative estimate of drug-likeness (QED) is 0.607. The van der Waals surface area contributed by atoms with Crippen molar-refractivity contribution < 1.29 is 14.3 Å². The van der Waals surface area contributed by atoms with Crippen LogP contribution in [0.25, 0.3) is 11.2 Å². The number of benzene rings is 1. The minimum Gasteiger partial charge on any atom is -0.497 e. The molecule has 0 atom stereocenters. The van der Waals surface area contributed by atoms with Crippen LogP contribution in [0.3, 0.4) is 0 Å². The second kappa shape index (κ2) is 8.93. The van der Waals surface area contributed by atoms with Gasteiger partial charge in [0, 0.05) is 50.5 Å². The molecule has 164 valence electrons. The van der Waals surface area contributed by atoms with Crippen LogP contribution in [0.15, 0.2) is 36.8 Å². The molecule has 2 aromatic heterocycles. The Labute approximate surface area is 182 Å². The number of rotatable bonds is 6. The number of imidazole rings is 1. The first-order valence-electron chi connectivity index (χ1n) is 10.5. The van der Waals surface area contributed by atoms with Gasteiger partial charge in [0.05, 0.1) is 26.1 Å². The first-order chi connectivity index (χ1) is 15.0. The van der Waals surface area contributed by atoms with E-state index < -0.39 is 0 Å². The third kappa shape index (κ3) is 4.34. The van der Waals surface area contributed by atoms with E-state index in [4.69, 9.17) is 9.47 Å². The topological polar surface area (TPSA) is 72.7 Å². The highest BCUT2D eigenvalue weighted by atomic mass is 16.5. The van der Waals surface area contributed by atoms with Crippen LogP contribution in [-0.2, 0) is 6.54 Å². The van der Waals surface area contributed by atoms with Crippen molar-refractivity contribution in [3.63, 3.8) is 0 Å². The zero-order valence-electron chi connectivity index (χ0n) is 18.5. The maximum Gasteiger partial charge on any atom is 0.255 e. The number of methoxy groups -OCH3 is 2. The van der Waals surface area contributed by atoms with Crippen molar-refractivity contribution in [2.45, 2.75) is 26.4 Å². The van der Waals surface area contributed by atoms with Crippen molar-refractivity contribution in [2.75, 3.05) is 40.4 Å². The molecule has 31 heavy (non-hydrogen) atoms. The van der Waals surface area contributed by atoms with E-state index in [0.717, 1.165) is 47.9 Å². The van der Waals surface area contributed by atoms with E-state index in [2.05, 4.69) is 28.7 Å². The van der Waals surface area contributed by atoms with Gasteiger partial charge in [-0.1, -0.05) is 0 Å². The monoisotopic (exact) mass is 423 g/mol. The number of ether oxygens (including phenoxy) is 2. The molecular formula is C23H29N5O3. The van der Waals surface area contributed by atoms with Crippen molar-refractivity contribution in [3.8, 4) is 11.5 Å². The summed E-state index contributed by atoms with van der Waals surface area (Å²) in [4.78, 5) is 26.2. The fourth-order valence-electron chi connectivity index (χ4n) is 3.95. The predicted octanol–water partition coefficient (Wildman–Crippen LogP) is 2.99. The SMILES string of the molecule is COc1ccc(OC)c(CN2CCN(C(=O)c3cnc4c(c3)ncn4C(C)C)CC2)c1. The average molecular weight is 424 g/mol. The van der Waals surface area contributed by atoms with Gasteiger partial charge in [-0.25, -0.2) is 9.97 Å². The number of fused-ring (bicyclic) bond motifs is 1. The Morgan fingerprint density at radius 3 is 2.52 bits per heavy atom. The van der Waals surface area contributed by atoms with Gasteiger partial charge >= 0.3 is 0 Å². The van der Waals surface area contributed by atoms with Gasteiger partial charge in [-0.2, -0.15) is 0 Å². The highest BCUT2D eigenvalue weighted by Crippen LogP contribution is 2.26. The molecule has 4 rings (SSSR count). The molecule has 0 spiro atoms. The number of carbonyl (C=O) groups excluding carboxylic acids is 1. The van der Waals surface area contributed by atoms with E-state index in [1.807, 2.05) is 33.7 Å². The van der Waals surface area contributed by atoms with Crippen LogP contribution in [0.2, 0.25) is 0 Å². The average Bonchev–Trinajstić information content (AvgIpc) is 3.22. The van der Waals surface area contributed by atoms with E-state index in [0.29, 0.717) is 18.7 Å². The predicted molar refractivity (Wildman–Crippen MR) is 119 cm³/mol. The van der Waals surface area contributed by atoms with Crippen molar-refractivity contribution in [3.05, 3.63) is 47.9 Å². The highest BCUT2D eigenvalue weighted by Gasteiger charge is 2.24. The van der Waals surface area contributed by atoms with Gasteiger partial charge in [0.25, 0.3) is 5.91 Å². The summed E-state index contributed by atoms with van der Waals surface area (Å²) in [6.45, 7) is 7.86. The summed E-state index contributed by atoms with van der Waals surface area (Å²) in [5.74, 6) is 1.67. The summed E-state index contributed by atoms with van der Waals surface area (Å²) in [6.07, 6.45) is 3.45. The zero-order chi connectivity index (χ0) is 22.0. The van der Waals surface area contributed by atoms with E-state index in [-0.39, 0.29) is 11.9 Å². The molecule has 0 saturated carbocycles. The lowest BCUT2D eigenvalue weighted by atomic mass is 10.1. The second-order valence-corrected chi connectivity index (χ2v) is 8.06. The van der Waals surface area contributed by atoms with Crippen molar-refractivity contribution in [1.82, 2.24) is 24.3 Å². The van der Waals surface area contributed by atoms with E-state index >= 15 is 0 Å². The van der Waals surface area contributed by atoms with Gasteiger partial charge in [0.1, 0.15) is 17.0 Å². The molecule has 1 aliphatic rings. The molecule has 3 heterocycles. The largest absolute Gasteiger partial charge is 0.497 e. The number of hydrogen-bond donors (Lipinski definition) is 0. The molecule has 3 aromatic rings. The lowest BCUT2D eigenvalue weighted by molar-refractivity contribution is 0.0627. The summed E-state index contributed by atoms with van der Waals surface area (Å²) in [5, 5.41) is 0. The fraction of sp³-hybridized carbons (Fsp3) is 0.435. The van der Waals surface area contributed by atoms with E-state index in [9.17, 15) is 4.79 Å². The molecule has 1 amide bonds. The first-order valence-corrected chi connectivity index (χ1v) is 10.5. The lowest BCUT2D eigenvalue weighted by Gasteiger charge is -2.35. The van der Waals surface area contributed by atoms with Crippen LogP contribution in [0, 0.1) is 0 Å². The second-order valence-electron chi connectivity index (χ2n) is 8.06. The van der Waals surface area contributed by atoms with Crippen molar-refractivity contribution in [1.29, 1.82) is 0 Å². The molecule has 8 heteroatoms. The smallest absolute Gasteiger partial charge is 0.255 e. The molecule has 0 N–H and O–H groups in total. The maximum absolute atomic E-state index is 13.0. The number of piperazine rings is 1. The Balaban J connectivity index is 1.41. The molecule has 0 aliphatic carbocycles. The number of carbonyl (C=O) groups is 1. The number of hydrogen-bond acceptors (Lipinski definition) is 6. The Kier molecular flexibility index (Phi) is 6.08. The van der Waals surface area contributed by atoms with Crippen LogP contribution in [-0.4, -0.2) is 70.6 Å². The number of amides is 1. The minimum absolute atomic E-state index is 0.00658. The summed E-state index contributed by atoms with van der Waals surface area (Å²) < 4.78 is 12.8. The number of pyridine rings is 1. The molecule has 1 saturated heterocycles. The molecule has 0 unspecified atom stereocenters. The summed E-state index contributed by atoms with van der Waals surface area (Å²) in [5.41, 5.74) is 3.23. The van der Waals surface area contributed by atoms with Crippen LogP contribution in [0.4, 0.5) is 0 Å². The van der Waals surface area contributed by atoms with Crippen LogP contribution in [0.1, 0.15) is 35.8 Å². The summed E-state index contributed by atoms with van der Waals surface area (Å²) in [6, 6.07) is 7.95. The van der Waals surface area contributed by atoms with Crippen molar-refractivity contribution >= 4 is 17.1 Å². The third-order valence-corrected chi connectivity index (χ3v) is 5.76. The van der Waals surface area contributed by atoms with Crippen LogP contribution in [0.5, 0.6) is 11.5 Å². The van der Waals surface area contributed by atoms with Crippen molar-refractivity contribution in [2.24, 2.45) is 0 Å². The number of aromatic nitrogens is 3. The van der Waals surface area contributed by atoms with Crippen LogP contribution < -0.4 is 9.47 Å².